The molecule has 1 radical (unpaired) electrons. The van der Waals surface area contributed by atoms with Crippen LogP contribution in [0.3, 0.4) is 0 Å². The van der Waals surface area contributed by atoms with Crippen molar-refractivity contribution in [1.29, 1.82) is 0 Å². The average molecular weight is 1280 g/mol. The standard InChI is InChI=1S/3C27H27Si2.Cr/c3*1-5-13-22(14-6-1)26(23-15-7-2-8-16-23)28-21-29-27(24-17-9-3-10-18-24)25-19-11-4-12-20-25;/h3*1-21,26-27H,28-29H2;/q3*-1;+3. The molecule has 12 rings (SSSR count). The number of rotatable bonds is 24. The van der Waals surface area contributed by atoms with Crippen molar-refractivity contribution in [2.75, 3.05) is 0 Å². The van der Waals surface area contributed by atoms with Crippen LogP contribution in [0.5, 0.6) is 0 Å². The second kappa shape index (κ2) is 36.7. The molecular formula is C81H81CrSi6. The molecule has 12 aromatic rings. The normalized spacial score (nSPS) is 11.8. The van der Waals surface area contributed by atoms with E-state index >= 15 is 0 Å². The van der Waals surface area contributed by atoms with E-state index in [9.17, 15) is 0 Å². The van der Waals surface area contributed by atoms with Crippen molar-refractivity contribution >= 4 is 57.1 Å². The number of hydrogen-bond donors (Lipinski definition) is 0. The van der Waals surface area contributed by atoms with Crippen LogP contribution in [0.25, 0.3) is 0 Å². The molecule has 0 unspecified atom stereocenters. The summed E-state index contributed by atoms with van der Waals surface area (Å²) in [5.74, 6) is 0. The topological polar surface area (TPSA) is 0 Å². The van der Waals surface area contributed by atoms with Crippen LogP contribution in [-0.2, 0) is 17.4 Å². The predicted octanol–water partition coefficient (Wildman–Crippen LogP) is 15.1. The van der Waals surface area contributed by atoms with E-state index < -0.39 is 0 Å². The summed E-state index contributed by atoms with van der Waals surface area (Å²) in [7, 11) is -2.32. The van der Waals surface area contributed by atoms with Gasteiger partial charge in [-0.3, -0.25) is 0 Å². The molecular weight excluding hydrogens is 1190 g/mol. The van der Waals surface area contributed by atoms with E-state index in [2.05, 4.69) is 381 Å². The van der Waals surface area contributed by atoms with Crippen molar-refractivity contribution in [2.45, 2.75) is 33.2 Å². The van der Waals surface area contributed by atoms with Gasteiger partial charge < -0.3 is 17.0 Å². The van der Waals surface area contributed by atoms with Crippen LogP contribution in [0, 0.1) is 17.0 Å². The molecule has 0 spiro atoms. The van der Waals surface area contributed by atoms with E-state index in [1.807, 2.05) is 0 Å². The summed E-state index contributed by atoms with van der Waals surface area (Å²) >= 11 is 0. The fourth-order valence-corrected chi connectivity index (χ4v) is 29.1. The molecule has 0 fully saturated rings. The molecule has 0 atom stereocenters. The SMILES string of the molecule is [Cr+3].c1ccc(C([SiH2][CH-][SiH2]C(c2ccccc2)c2ccccc2)c2ccccc2)cc1.c1ccc(C([SiH2][CH-][SiH2]C(c2ccccc2)c2ccccc2)c2ccccc2)cc1.c1ccc(C([SiH2][CH-][SiH2]C(c2ccccc2)c2ccccc2)c2ccccc2)cc1. The molecule has 0 bridgehead atoms. The Morgan fingerprint density at radius 1 is 0.136 bits per heavy atom. The third-order valence-electron chi connectivity index (χ3n) is 16.8. The minimum Gasteiger partial charge on any atom is -0.335 e. The minimum atomic E-state index is -0.387. The first-order valence-corrected chi connectivity index (χ1v) is 41.1. The first-order valence-electron chi connectivity index (χ1n) is 31.3. The molecule has 0 aliphatic carbocycles. The van der Waals surface area contributed by atoms with E-state index in [1.165, 1.54) is 66.8 Å². The van der Waals surface area contributed by atoms with Gasteiger partial charge in [0.15, 0.2) is 0 Å². The number of benzene rings is 12. The van der Waals surface area contributed by atoms with Crippen molar-refractivity contribution in [1.82, 2.24) is 0 Å². The minimum absolute atomic E-state index is 0. The zero-order valence-electron chi connectivity index (χ0n) is 50.5. The fourth-order valence-electron chi connectivity index (χ4n) is 12.3. The summed E-state index contributed by atoms with van der Waals surface area (Å²) in [6.07, 6.45) is 0. The van der Waals surface area contributed by atoms with Gasteiger partial charge in [-0.1, -0.05) is 364 Å². The Kier molecular flexibility index (Phi) is 27.1. The smallest absolute Gasteiger partial charge is 0.335 e. The van der Waals surface area contributed by atoms with E-state index in [0.29, 0.717) is 33.2 Å². The zero-order valence-corrected chi connectivity index (χ0v) is 60.2. The summed E-state index contributed by atoms with van der Waals surface area (Å²) < 4.78 is 0. The van der Waals surface area contributed by atoms with Gasteiger partial charge >= 0.3 is 17.4 Å². The monoisotopic (exact) mass is 1270 g/mol. The number of hydrogen-bond acceptors (Lipinski definition) is 0. The van der Waals surface area contributed by atoms with Crippen LogP contribution in [0.1, 0.15) is 100 Å². The molecule has 0 amide bonds. The Labute approximate surface area is 551 Å². The average Bonchev–Trinajstić information content (AvgIpc) is 3.66. The summed E-state index contributed by atoms with van der Waals surface area (Å²) in [4.78, 5) is 0. The maximum atomic E-state index is 2.76. The molecule has 435 valence electrons. The molecule has 0 aliphatic heterocycles. The molecule has 0 aromatic heterocycles. The molecule has 0 saturated carbocycles. The van der Waals surface area contributed by atoms with E-state index in [1.54, 1.807) is 0 Å². The molecule has 88 heavy (non-hydrogen) atoms. The molecule has 0 heterocycles. The van der Waals surface area contributed by atoms with E-state index in [-0.39, 0.29) is 74.5 Å². The largest absolute Gasteiger partial charge is 3.00 e. The van der Waals surface area contributed by atoms with Gasteiger partial charge in [0.2, 0.25) is 0 Å². The van der Waals surface area contributed by atoms with E-state index in [4.69, 9.17) is 0 Å². The molecule has 7 heteroatoms. The molecule has 0 saturated heterocycles. The second-order valence-electron chi connectivity index (χ2n) is 22.5. The van der Waals surface area contributed by atoms with Crippen molar-refractivity contribution in [3.8, 4) is 0 Å². The first kappa shape index (κ1) is 64.9. The zero-order chi connectivity index (χ0) is 59.2. The molecule has 0 nitrogen and oxygen atoms in total. The molecule has 0 aliphatic rings. The Hall–Kier alpha value is -7.53. The Morgan fingerprint density at radius 3 is 0.295 bits per heavy atom. The predicted molar refractivity (Wildman–Crippen MR) is 393 cm³/mol. The summed E-state index contributed by atoms with van der Waals surface area (Å²) in [5, 5.41) is 0. The van der Waals surface area contributed by atoms with E-state index in [0.717, 1.165) is 0 Å². The first-order chi connectivity index (χ1) is 43.2. The van der Waals surface area contributed by atoms with Gasteiger partial charge in [0.25, 0.3) is 0 Å². The van der Waals surface area contributed by atoms with Gasteiger partial charge in [0, 0.05) is 0 Å². The Bertz CT molecular complexity index is 2830. The van der Waals surface area contributed by atoms with Gasteiger partial charge in [-0.15, -0.1) is 57.1 Å². The van der Waals surface area contributed by atoms with Gasteiger partial charge in [-0.05, 0) is 100 Å². The third kappa shape index (κ3) is 19.7. The molecule has 12 aromatic carbocycles. The fraction of sp³-hybridized carbons (Fsp3) is 0.0741. The van der Waals surface area contributed by atoms with Gasteiger partial charge in [-0.2, -0.15) is 0 Å². The van der Waals surface area contributed by atoms with Crippen molar-refractivity contribution in [3.05, 3.63) is 448 Å². The van der Waals surface area contributed by atoms with Crippen LogP contribution >= 0.6 is 0 Å². The van der Waals surface area contributed by atoms with Gasteiger partial charge in [0.05, 0.1) is 0 Å². The summed E-state index contributed by atoms with van der Waals surface area (Å²) in [6.45, 7) is 0. The van der Waals surface area contributed by atoms with Crippen LogP contribution in [0.15, 0.2) is 364 Å². The maximum Gasteiger partial charge on any atom is 3.00 e. The van der Waals surface area contributed by atoms with Crippen molar-refractivity contribution in [3.63, 3.8) is 0 Å². The van der Waals surface area contributed by atoms with Crippen LogP contribution in [0.4, 0.5) is 0 Å². The Morgan fingerprint density at radius 2 is 0.216 bits per heavy atom. The van der Waals surface area contributed by atoms with Crippen LogP contribution in [0.2, 0.25) is 0 Å². The Balaban J connectivity index is 0.000000156. The summed E-state index contributed by atoms with van der Waals surface area (Å²) in [6, 6.07) is 133. The summed E-state index contributed by atoms with van der Waals surface area (Å²) in [5.41, 5.74) is 29.3. The third-order valence-corrected chi connectivity index (χ3v) is 33.3. The van der Waals surface area contributed by atoms with Crippen molar-refractivity contribution in [2.24, 2.45) is 0 Å². The van der Waals surface area contributed by atoms with Crippen LogP contribution in [-0.4, -0.2) is 57.1 Å². The molecule has 0 N–H and O–H groups in total. The maximum absolute atomic E-state index is 2.76. The quantitative estimate of drug-likeness (QED) is 0.0418. The van der Waals surface area contributed by atoms with Gasteiger partial charge in [0.1, 0.15) is 0 Å². The van der Waals surface area contributed by atoms with Crippen molar-refractivity contribution < 1.29 is 17.4 Å². The second-order valence-corrected chi connectivity index (χ2v) is 37.2. The van der Waals surface area contributed by atoms with Gasteiger partial charge in [-0.25, -0.2) is 0 Å². The van der Waals surface area contributed by atoms with Crippen LogP contribution < -0.4 is 0 Å².